The maximum absolute atomic E-state index is 11.5. The van der Waals surface area contributed by atoms with Crippen LogP contribution >= 0.6 is 23.2 Å². The van der Waals surface area contributed by atoms with Crippen molar-refractivity contribution in [2.24, 2.45) is 0 Å². The van der Waals surface area contributed by atoms with E-state index >= 15 is 0 Å². The van der Waals surface area contributed by atoms with Crippen molar-refractivity contribution in [3.05, 3.63) is 52.0 Å². The third kappa shape index (κ3) is 5.20. The lowest BCUT2D eigenvalue weighted by molar-refractivity contribution is -0.116. The summed E-state index contributed by atoms with van der Waals surface area (Å²) in [6, 6.07) is 11.8. The second-order valence-corrected chi connectivity index (χ2v) is 8.61. The van der Waals surface area contributed by atoms with E-state index in [4.69, 9.17) is 27.9 Å². The number of nitrogens with one attached hydrogen (secondary N) is 1. The zero-order chi connectivity index (χ0) is 20.9. The summed E-state index contributed by atoms with van der Waals surface area (Å²) >= 11 is 12.5. The molecule has 1 amide bonds. The molecule has 7 heteroatoms. The first kappa shape index (κ1) is 21.3. The van der Waals surface area contributed by atoms with Gasteiger partial charge in [0.2, 0.25) is 5.91 Å². The number of piperazine rings is 1. The van der Waals surface area contributed by atoms with E-state index < -0.39 is 0 Å². The van der Waals surface area contributed by atoms with Crippen LogP contribution in [0, 0.1) is 0 Å². The van der Waals surface area contributed by atoms with Gasteiger partial charge in [-0.15, -0.1) is 0 Å². The van der Waals surface area contributed by atoms with Crippen molar-refractivity contribution >= 4 is 40.5 Å². The fourth-order valence-corrected chi connectivity index (χ4v) is 4.43. The zero-order valence-electron chi connectivity index (χ0n) is 17.0. The van der Waals surface area contributed by atoms with Crippen molar-refractivity contribution in [1.29, 1.82) is 0 Å². The van der Waals surface area contributed by atoms with Gasteiger partial charge in [-0.05, 0) is 49.6 Å². The van der Waals surface area contributed by atoms with Gasteiger partial charge in [0.25, 0.3) is 0 Å². The molecule has 0 atom stereocenters. The van der Waals surface area contributed by atoms with Crippen LogP contribution in [0.4, 0.5) is 11.4 Å². The van der Waals surface area contributed by atoms with Gasteiger partial charge in [-0.1, -0.05) is 35.3 Å². The Morgan fingerprint density at radius 2 is 2.00 bits per heavy atom. The Bertz CT molecular complexity index is 898. The van der Waals surface area contributed by atoms with Gasteiger partial charge in [0.1, 0.15) is 5.75 Å². The highest BCUT2D eigenvalue weighted by atomic mass is 35.5. The third-order valence-electron chi connectivity index (χ3n) is 5.76. The van der Waals surface area contributed by atoms with E-state index in [9.17, 15) is 4.79 Å². The molecule has 4 rings (SSSR count). The molecule has 0 aliphatic carbocycles. The summed E-state index contributed by atoms with van der Waals surface area (Å²) in [7, 11) is 0. The van der Waals surface area contributed by atoms with Crippen LogP contribution in [-0.4, -0.2) is 50.1 Å². The SMILES string of the molecule is O=C1C[14CH2]c2ccc(OCCCCN3CCN([14c]4[14cH][14cH][14cH][14c](Cl)[14c]4Cl)CC3)cc2N1. The number of hydrogen-bond donors (Lipinski definition) is 1. The minimum atomic E-state index is 0.0809. The molecular weight excluding hydrogens is 435 g/mol. The normalized spacial score (nSPS) is 16.9. The fourth-order valence-electron chi connectivity index (χ4n) is 4.02. The van der Waals surface area contributed by atoms with Crippen molar-refractivity contribution in [1.82, 2.24) is 4.90 Å². The van der Waals surface area contributed by atoms with Crippen LogP contribution in [0.1, 0.15) is 24.8 Å². The summed E-state index contributed by atoms with van der Waals surface area (Å²) in [5.41, 5.74) is 3.10. The number of amides is 1. The Kier molecular flexibility index (Phi) is 7.03. The molecule has 30 heavy (non-hydrogen) atoms. The number of benzene rings is 2. The summed E-state index contributed by atoms with van der Waals surface area (Å²) in [5, 5.41) is 4.18. The van der Waals surface area contributed by atoms with Gasteiger partial charge < -0.3 is 15.0 Å². The number of carbonyl (C=O) groups excluding carboxylic acids is 1. The molecule has 0 aromatic heterocycles. The van der Waals surface area contributed by atoms with Gasteiger partial charge in [-0.2, -0.15) is 0 Å². The first-order valence-electron chi connectivity index (χ1n) is 10.6. The smallest absolute Gasteiger partial charge is 0.224 e. The Labute approximate surface area is 187 Å². The first-order valence-corrected chi connectivity index (χ1v) is 11.3. The highest BCUT2D eigenvalue weighted by Gasteiger charge is 2.19. The second-order valence-electron chi connectivity index (χ2n) is 7.82. The highest BCUT2D eigenvalue weighted by molar-refractivity contribution is 6.43. The number of hydrogen-bond acceptors (Lipinski definition) is 4. The summed E-state index contributed by atoms with van der Waals surface area (Å²) in [6.07, 6.45) is 3.47. The summed E-state index contributed by atoms with van der Waals surface area (Å²) in [5.74, 6) is 0.903. The van der Waals surface area contributed by atoms with Gasteiger partial charge in [0.05, 0.1) is 22.3 Å². The fraction of sp³-hybridized carbons (Fsp3) is 0.435. The lowest BCUT2D eigenvalue weighted by Gasteiger charge is -2.36. The average molecular weight is 462 g/mol. The molecule has 2 aliphatic rings. The number of anilines is 2. The van der Waals surface area contributed by atoms with E-state index in [0.717, 1.165) is 69.1 Å². The third-order valence-corrected chi connectivity index (χ3v) is 6.57. The molecule has 5 nitrogen and oxygen atoms in total. The number of fused-ring (bicyclic) bond motifs is 1. The van der Waals surface area contributed by atoms with Crippen LogP contribution in [0.15, 0.2) is 36.4 Å². The van der Waals surface area contributed by atoms with E-state index in [1.807, 2.05) is 30.3 Å². The van der Waals surface area contributed by atoms with E-state index in [2.05, 4.69) is 21.2 Å². The minimum absolute atomic E-state index is 0.0809. The molecule has 2 aliphatic heterocycles. The Morgan fingerprint density at radius 1 is 1.17 bits per heavy atom. The maximum atomic E-state index is 11.5. The van der Waals surface area contributed by atoms with E-state index in [0.29, 0.717) is 23.1 Å². The maximum Gasteiger partial charge on any atom is 0.224 e. The van der Waals surface area contributed by atoms with Crippen LogP contribution in [0.25, 0.3) is 0 Å². The number of carbonyl (C=O) groups is 1. The van der Waals surface area contributed by atoms with Crippen molar-refractivity contribution in [2.45, 2.75) is 25.7 Å². The lowest BCUT2D eigenvalue weighted by atomic mass is 10.2. The molecule has 0 saturated carbocycles. The Balaban J connectivity index is 1.15. The predicted molar refractivity (Wildman–Crippen MR) is 123 cm³/mol. The average Bonchev–Trinajstić information content (AvgIpc) is 2.76. The Morgan fingerprint density at radius 3 is 2.83 bits per heavy atom. The topological polar surface area (TPSA) is 44.8 Å². The van der Waals surface area contributed by atoms with Crippen molar-refractivity contribution in [3.8, 4) is 5.75 Å². The van der Waals surface area contributed by atoms with Crippen LogP contribution in [-0.2, 0) is 11.2 Å². The molecule has 160 valence electrons. The molecule has 2 aromatic rings. The van der Waals surface area contributed by atoms with Crippen LogP contribution in [0.3, 0.4) is 0 Å². The number of aryl methyl sites for hydroxylation is 1. The predicted octanol–water partition coefficient (Wildman–Crippen LogP) is 4.86. The van der Waals surface area contributed by atoms with Gasteiger partial charge in [0.15, 0.2) is 0 Å². The number of unbranched alkanes of at least 4 members (excludes halogenated alkanes) is 1. The first-order chi connectivity index (χ1) is 14.6. The molecule has 2 aromatic carbocycles. The van der Waals surface area contributed by atoms with Crippen LogP contribution in [0.2, 0.25) is 10.0 Å². The van der Waals surface area contributed by atoms with Crippen molar-refractivity contribution in [3.63, 3.8) is 0 Å². The van der Waals surface area contributed by atoms with Crippen LogP contribution in [0.5, 0.6) is 5.75 Å². The molecule has 0 unspecified atom stereocenters. The van der Waals surface area contributed by atoms with Crippen LogP contribution < -0.4 is 15.0 Å². The Hall–Kier alpha value is -1.95. The summed E-state index contributed by atoms with van der Waals surface area (Å²) in [4.78, 5) is 16.3. The molecule has 0 bridgehead atoms. The molecule has 0 spiro atoms. The molecule has 1 saturated heterocycles. The molecule has 1 fully saturated rings. The number of halogens is 2. The number of ether oxygens (including phenoxy) is 1. The van der Waals surface area contributed by atoms with E-state index in [1.165, 1.54) is 5.56 Å². The molecular formula is C23H27Cl2N3O2. The lowest BCUT2D eigenvalue weighted by Crippen LogP contribution is -2.46. The quantitative estimate of drug-likeness (QED) is 0.598. The summed E-state index contributed by atoms with van der Waals surface area (Å²) in [6.45, 7) is 5.71. The van der Waals surface area contributed by atoms with Gasteiger partial charge in [-0.3, -0.25) is 9.69 Å². The summed E-state index contributed by atoms with van der Waals surface area (Å²) < 4.78 is 5.89. The molecule has 0 radical (unpaired) electrons. The van der Waals surface area contributed by atoms with Crippen molar-refractivity contribution in [2.75, 3.05) is 49.5 Å². The molecule has 2 heterocycles. The number of nitrogens with zero attached hydrogens (tertiary/aromatic N) is 2. The minimum Gasteiger partial charge on any atom is -0.494 e. The number of rotatable bonds is 7. The van der Waals surface area contributed by atoms with E-state index in [-0.39, 0.29) is 5.91 Å². The van der Waals surface area contributed by atoms with Gasteiger partial charge in [0, 0.05) is 44.4 Å². The van der Waals surface area contributed by atoms with Crippen molar-refractivity contribution < 1.29 is 9.53 Å². The standard InChI is InChI=1S/C23H27Cl2N3O2/c24-19-4-3-5-21(23(19)25)28-13-11-27(12-14-28)10-1-2-15-30-18-8-6-17-7-9-22(29)26-20(17)16-18/h3-6,8,16H,1-2,7,9-15H2,(H,26,29)/i3+2,4+2,5+2,7+2,19+2,21+2,23+2. The monoisotopic (exact) mass is 461 g/mol. The second kappa shape index (κ2) is 9.90. The zero-order valence-corrected chi connectivity index (χ0v) is 18.5. The van der Waals surface area contributed by atoms with Gasteiger partial charge in [-0.25, -0.2) is 0 Å². The molecule has 1 N–H and O–H groups in total. The largest absolute Gasteiger partial charge is 0.494 e. The van der Waals surface area contributed by atoms with Gasteiger partial charge >= 0.3 is 0 Å². The highest BCUT2D eigenvalue weighted by Crippen LogP contribution is 2.33. The van der Waals surface area contributed by atoms with E-state index in [1.54, 1.807) is 0 Å².